The molecule has 0 aromatic rings. The van der Waals surface area contributed by atoms with Gasteiger partial charge in [0.25, 0.3) is 0 Å². The molecule has 48 valence electrons. The third-order valence-electron chi connectivity index (χ3n) is 0.560. The Labute approximate surface area is 60.7 Å². The van der Waals surface area contributed by atoms with Crippen LogP contribution in [-0.4, -0.2) is 23.7 Å². The number of aliphatic carboxylic acids is 1. The Balaban J connectivity index is 3.32. The molecule has 0 bridgehead atoms. The van der Waals surface area contributed by atoms with Crippen LogP contribution in [0.25, 0.3) is 0 Å². The molecule has 4 nitrogen and oxygen atoms in total. The molecule has 0 aromatic carbocycles. The first-order valence-electron chi connectivity index (χ1n) is 1.90. The van der Waals surface area contributed by atoms with Crippen LogP contribution in [0.2, 0.25) is 0 Å². The first-order valence-corrected chi connectivity index (χ1v) is 2.78. The van der Waals surface area contributed by atoms with E-state index in [0.29, 0.717) is 0 Å². The van der Waals surface area contributed by atoms with E-state index >= 15 is 0 Å². The van der Waals surface area contributed by atoms with Crippen molar-refractivity contribution < 1.29 is 13.0 Å². The topological polar surface area (TPSA) is 72.5 Å². The summed E-state index contributed by atoms with van der Waals surface area (Å²) in [4.78, 5) is 9.88. The summed E-state index contributed by atoms with van der Waals surface area (Å²) in [6, 6.07) is -0.896. The zero-order chi connectivity index (χ0) is 6.57. The number of hydrogen-bond acceptors (Lipinski definition) is 3. The van der Waals surface area contributed by atoms with E-state index in [1.165, 1.54) is 0 Å². The van der Waals surface area contributed by atoms with Gasteiger partial charge in [-0.1, -0.05) is 0 Å². The molecule has 0 rings (SSSR count). The number of hydrogen-bond donors (Lipinski definition) is 2. The van der Waals surface area contributed by atoms with Gasteiger partial charge in [-0.15, -0.1) is 0 Å². The van der Waals surface area contributed by atoms with E-state index in [1.54, 1.807) is 23.0 Å². The summed E-state index contributed by atoms with van der Waals surface area (Å²) in [6.45, 7) is 0.0515. The number of carboxylic acids is 1. The Kier molecular flexibility index (Phi) is 4.11. The smallest absolute Gasteiger partial charge is 0.322 e. The van der Waals surface area contributed by atoms with E-state index < -0.39 is 12.0 Å². The zero-order valence-electron chi connectivity index (χ0n) is 4.00. The lowest BCUT2D eigenvalue weighted by Crippen LogP contribution is -2.33. The highest BCUT2D eigenvalue weighted by molar-refractivity contribution is 14.1. The maximum absolute atomic E-state index is 9.88. The lowest BCUT2D eigenvalue weighted by molar-refractivity contribution is -0.138. The molecule has 0 heterocycles. The third kappa shape index (κ3) is 3.16. The average Bonchev–Trinajstić information content (AvgIpc) is 1.67. The van der Waals surface area contributed by atoms with Gasteiger partial charge in [0.15, 0.2) is 0 Å². The van der Waals surface area contributed by atoms with Crippen molar-refractivity contribution >= 4 is 29.0 Å². The molecule has 0 saturated heterocycles. The minimum atomic E-state index is -1.04. The van der Waals surface area contributed by atoms with Crippen LogP contribution in [0.5, 0.6) is 0 Å². The number of halogens is 1. The second-order valence-corrected chi connectivity index (χ2v) is 1.84. The second-order valence-electron chi connectivity index (χ2n) is 1.22. The fraction of sp³-hybridized carbons (Fsp3) is 0.667. The van der Waals surface area contributed by atoms with Gasteiger partial charge in [-0.05, 0) is 0 Å². The van der Waals surface area contributed by atoms with Crippen LogP contribution >= 0.6 is 23.0 Å². The van der Waals surface area contributed by atoms with Crippen LogP contribution in [-0.2, 0) is 7.86 Å². The first kappa shape index (κ1) is 8.12. The number of rotatable bonds is 3. The quantitative estimate of drug-likeness (QED) is 0.657. The van der Waals surface area contributed by atoms with Crippen molar-refractivity contribution in [2.45, 2.75) is 6.04 Å². The van der Waals surface area contributed by atoms with Crippen molar-refractivity contribution in [3.05, 3.63) is 0 Å². The standard InChI is InChI=1S/C3H6INO3/c4-8-1-2(5)3(6)7/h2H,1,5H2,(H,6,7)/t2-/m0/s1. The molecule has 0 spiro atoms. The fourth-order valence-corrected chi connectivity index (χ4v) is 0.527. The number of nitrogens with two attached hydrogens (primary N) is 1. The molecule has 0 unspecified atom stereocenters. The normalized spacial score (nSPS) is 13.2. The minimum Gasteiger partial charge on any atom is -0.480 e. The van der Waals surface area contributed by atoms with Crippen LogP contribution < -0.4 is 5.73 Å². The molecule has 0 aliphatic heterocycles. The highest BCUT2D eigenvalue weighted by Crippen LogP contribution is 1.87. The third-order valence-corrected chi connectivity index (χ3v) is 0.919. The van der Waals surface area contributed by atoms with E-state index in [2.05, 4.69) is 3.07 Å². The van der Waals surface area contributed by atoms with Gasteiger partial charge in [0.05, 0.1) is 6.61 Å². The molecule has 0 saturated carbocycles. The zero-order valence-corrected chi connectivity index (χ0v) is 6.16. The van der Waals surface area contributed by atoms with Crippen molar-refractivity contribution in [2.75, 3.05) is 6.61 Å². The fourth-order valence-electron chi connectivity index (χ4n) is 0.139. The van der Waals surface area contributed by atoms with E-state index in [4.69, 9.17) is 10.8 Å². The average molecular weight is 231 g/mol. The summed E-state index contributed by atoms with van der Waals surface area (Å²) >= 11 is 1.59. The first-order chi connectivity index (χ1) is 3.68. The van der Waals surface area contributed by atoms with Gasteiger partial charge < -0.3 is 13.9 Å². The van der Waals surface area contributed by atoms with Gasteiger partial charge in [0, 0.05) is 0 Å². The predicted octanol–water partition coefficient (Wildman–Crippen LogP) is -0.235. The summed E-state index contributed by atoms with van der Waals surface area (Å²) in [5.41, 5.74) is 5.00. The Morgan fingerprint density at radius 1 is 2.00 bits per heavy atom. The van der Waals surface area contributed by atoms with Crippen molar-refractivity contribution in [2.24, 2.45) is 5.73 Å². The molecule has 1 atom stereocenters. The Morgan fingerprint density at radius 3 is 2.62 bits per heavy atom. The molecular weight excluding hydrogens is 225 g/mol. The van der Waals surface area contributed by atoms with Crippen molar-refractivity contribution in [3.8, 4) is 0 Å². The van der Waals surface area contributed by atoms with Gasteiger partial charge in [0.1, 0.15) is 29.0 Å². The minimum absolute atomic E-state index is 0.0515. The molecule has 0 radical (unpaired) electrons. The molecule has 5 heteroatoms. The van der Waals surface area contributed by atoms with Gasteiger partial charge in [-0.25, -0.2) is 0 Å². The molecular formula is C3H6INO3. The van der Waals surface area contributed by atoms with Gasteiger partial charge in [-0.2, -0.15) is 0 Å². The van der Waals surface area contributed by atoms with E-state index in [0.717, 1.165) is 0 Å². The Hall–Kier alpha value is 0.120. The van der Waals surface area contributed by atoms with Crippen LogP contribution in [0.4, 0.5) is 0 Å². The summed E-state index contributed by atoms with van der Waals surface area (Å²) < 4.78 is 4.43. The lowest BCUT2D eigenvalue weighted by atomic mass is 10.3. The largest absolute Gasteiger partial charge is 0.480 e. The maximum atomic E-state index is 9.88. The highest BCUT2D eigenvalue weighted by atomic mass is 127. The van der Waals surface area contributed by atoms with Crippen molar-refractivity contribution in [3.63, 3.8) is 0 Å². The maximum Gasteiger partial charge on any atom is 0.322 e. The van der Waals surface area contributed by atoms with Crippen LogP contribution in [0.3, 0.4) is 0 Å². The molecule has 0 aliphatic rings. The SMILES string of the molecule is N[C@@H](COI)C(=O)O. The Morgan fingerprint density at radius 2 is 2.50 bits per heavy atom. The van der Waals surface area contributed by atoms with Crippen molar-refractivity contribution in [1.82, 2.24) is 0 Å². The monoisotopic (exact) mass is 231 g/mol. The lowest BCUT2D eigenvalue weighted by Gasteiger charge is -1.99. The Bertz CT molecular complexity index is 86.6. The summed E-state index contributed by atoms with van der Waals surface area (Å²) in [7, 11) is 0. The summed E-state index contributed by atoms with van der Waals surface area (Å²) in [6.07, 6.45) is 0. The number of carbonyl (C=O) groups is 1. The van der Waals surface area contributed by atoms with Crippen LogP contribution in [0.1, 0.15) is 0 Å². The molecule has 3 N–H and O–H groups in total. The van der Waals surface area contributed by atoms with Crippen LogP contribution in [0, 0.1) is 0 Å². The molecule has 8 heavy (non-hydrogen) atoms. The second kappa shape index (κ2) is 4.04. The number of carboxylic acid groups (broad SMARTS) is 1. The van der Waals surface area contributed by atoms with E-state index in [-0.39, 0.29) is 6.61 Å². The van der Waals surface area contributed by atoms with Gasteiger partial charge >= 0.3 is 5.97 Å². The molecule has 0 fully saturated rings. The molecule has 0 aliphatic carbocycles. The predicted molar refractivity (Wildman–Crippen MR) is 35.6 cm³/mol. The molecule has 0 amide bonds. The van der Waals surface area contributed by atoms with Crippen molar-refractivity contribution in [1.29, 1.82) is 0 Å². The highest BCUT2D eigenvalue weighted by Gasteiger charge is 2.09. The summed E-state index contributed by atoms with van der Waals surface area (Å²) in [5, 5.41) is 8.10. The van der Waals surface area contributed by atoms with E-state index in [9.17, 15) is 4.79 Å². The van der Waals surface area contributed by atoms with Gasteiger partial charge in [-0.3, -0.25) is 4.79 Å². The molecule has 0 aromatic heterocycles. The van der Waals surface area contributed by atoms with Crippen LogP contribution in [0.15, 0.2) is 0 Å². The van der Waals surface area contributed by atoms with E-state index in [1.807, 2.05) is 0 Å². The summed E-state index contributed by atoms with van der Waals surface area (Å²) in [5.74, 6) is -1.04. The van der Waals surface area contributed by atoms with Gasteiger partial charge in [0.2, 0.25) is 0 Å².